The van der Waals surface area contributed by atoms with E-state index < -0.39 is 8.07 Å². The van der Waals surface area contributed by atoms with Crippen LogP contribution in [-0.4, -0.2) is 8.07 Å². The summed E-state index contributed by atoms with van der Waals surface area (Å²) in [5.41, 5.74) is 0. The van der Waals surface area contributed by atoms with E-state index in [1.165, 1.54) is 148 Å². The van der Waals surface area contributed by atoms with Crippen LogP contribution in [0.4, 0.5) is 0 Å². The van der Waals surface area contributed by atoms with Crippen molar-refractivity contribution in [2.24, 2.45) is 0 Å². The highest BCUT2D eigenvalue weighted by Crippen LogP contribution is 2.30. The van der Waals surface area contributed by atoms with Crippen molar-refractivity contribution in [3.05, 3.63) is 0 Å². The smallest absolute Gasteiger partial charge is 0.0504 e. The Balaban J connectivity index is 3.85. The van der Waals surface area contributed by atoms with Crippen LogP contribution in [0.3, 0.4) is 0 Å². The fourth-order valence-corrected chi connectivity index (χ4v) is 9.85. The molecule has 0 fully saturated rings. The van der Waals surface area contributed by atoms with Crippen molar-refractivity contribution >= 4 is 8.07 Å². The lowest BCUT2D eigenvalue weighted by Gasteiger charge is -2.28. The Hall–Kier alpha value is 0.217. The third kappa shape index (κ3) is 25.3. The molecule has 34 heavy (non-hydrogen) atoms. The molecule has 0 aromatic carbocycles. The van der Waals surface area contributed by atoms with E-state index in [1.807, 2.05) is 0 Å². The summed E-state index contributed by atoms with van der Waals surface area (Å²) in [6.07, 6.45) is 38.5. The summed E-state index contributed by atoms with van der Waals surface area (Å²) in [7, 11) is -0.989. The molecule has 0 aromatic heterocycles. The average Bonchev–Trinajstić information content (AvgIpc) is 2.84. The van der Waals surface area contributed by atoms with Crippen LogP contribution >= 0.6 is 0 Å². The number of hydrogen-bond acceptors (Lipinski definition) is 0. The van der Waals surface area contributed by atoms with Crippen LogP contribution in [0.5, 0.6) is 0 Å². The zero-order chi connectivity index (χ0) is 25.0. The van der Waals surface area contributed by atoms with Crippen molar-refractivity contribution in [3.8, 4) is 0 Å². The molecule has 0 atom stereocenters. The molecule has 0 radical (unpaired) electrons. The van der Waals surface area contributed by atoms with E-state index >= 15 is 0 Å². The van der Waals surface area contributed by atoms with Crippen LogP contribution in [0.25, 0.3) is 0 Å². The topological polar surface area (TPSA) is 0 Å². The monoisotopic (exact) mass is 495 g/mol. The SMILES string of the molecule is CCCCCCCCCCCCCCCC[Si](C)(CCCCCCCC)CCCCCCCC. The molecule has 0 aliphatic heterocycles. The molecule has 0 saturated heterocycles. The summed E-state index contributed by atoms with van der Waals surface area (Å²) >= 11 is 0. The van der Waals surface area contributed by atoms with Crippen molar-refractivity contribution in [1.82, 2.24) is 0 Å². The molecule has 0 aliphatic carbocycles. The van der Waals surface area contributed by atoms with Crippen molar-refractivity contribution in [3.63, 3.8) is 0 Å². The zero-order valence-corrected chi connectivity index (χ0v) is 26.0. The molecule has 0 N–H and O–H groups in total. The maximum absolute atomic E-state index is 2.79. The van der Waals surface area contributed by atoms with Crippen LogP contribution in [-0.2, 0) is 0 Å². The molecule has 0 nitrogen and oxygen atoms in total. The number of hydrogen-bond donors (Lipinski definition) is 0. The Kier molecular flexibility index (Phi) is 28.0. The summed E-state index contributed by atoms with van der Waals surface area (Å²) in [4.78, 5) is 0. The first-order valence-electron chi connectivity index (χ1n) is 16.7. The molecule has 0 spiro atoms. The quantitative estimate of drug-likeness (QED) is 0.0716. The molecule has 206 valence electrons. The largest absolute Gasteiger partial charge is 0.0691 e. The summed E-state index contributed by atoms with van der Waals surface area (Å²) in [6, 6.07) is 4.90. The van der Waals surface area contributed by atoms with Crippen LogP contribution in [0.2, 0.25) is 24.7 Å². The second-order valence-corrected chi connectivity index (χ2v) is 17.3. The van der Waals surface area contributed by atoms with E-state index in [0.717, 1.165) is 0 Å². The lowest BCUT2D eigenvalue weighted by atomic mass is 10.0. The molecular weight excluding hydrogens is 424 g/mol. The highest BCUT2D eigenvalue weighted by atomic mass is 28.3. The van der Waals surface area contributed by atoms with Crippen LogP contribution in [0, 0.1) is 0 Å². The third-order valence-electron chi connectivity index (χ3n) is 8.40. The van der Waals surface area contributed by atoms with Gasteiger partial charge in [-0.15, -0.1) is 0 Å². The van der Waals surface area contributed by atoms with Gasteiger partial charge in [0.25, 0.3) is 0 Å². The molecule has 0 heterocycles. The van der Waals surface area contributed by atoms with Gasteiger partial charge >= 0.3 is 0 Å². The second-order valence-electron chi connectivity index (χ2n) is 12.2. The average molecular weight is 495 g/mol. The molecule has 0 unspecified atom stereocenters. The lowest BCUT2D eigenvalue weighted by molar-refractivity contribution is 0.537. The van der Waals surface area contributed by atoms with Crippen molar-refractivity contribution in [1.29, 1.82) is 0 Å². The molecule has 0 amide bonds. The standard InChI is InChI=1S/C33H70Si/c1-5-8-11-14-17-18-19-20-21-22-23-24-27-30-33-34(4,31-28-25-15-12-9-6-2)32-29-26-16-13-10-7-3/h5-33H2,1-4H3. The van der Waals surface area contributed by atoms with Gasteiger partial charge in [0.15, 0.2) is 0 Å². The summed E-state index contributed by atoms with van der Waals surface area (Å²) in [6.45, 7) is 9.77. The third-order valence-corrected chi connectivity index (χ3v) is 13.1. The van der Waals surface area contributed by atoms with Gasteiger partial charge < -0.3 is 0 Å². The molecule has 0 rings (SSSR count). The van der Waals surface area contributed by atoms with Gasteiger partial charge in [-0.3, -0.25) is 0 Å². The first-order valence-corrected chi connectivity index (χ1v) is 19.8. The maximum Gasteiger partial charge on any atom is 0.0504 e. The lowest BCUT2D eigenvalue weighted by Crippen LogP contribution is -2.29. The first-order chi connectivity index (χ1) is 16.7. The number of rotatable bonds is 29. The van der Waals surface area contributed by atoms with Gasteiger partial charge in [-0.1, -0.05) is 212 Å². The van der Waals surface area contributed by atoms with E-state index in [4.69, 9.17) is 0 Å². The molecule has 0 saturated carbocycles. The van der Waals surface area contributed by atoms with E-state index in [0.29, 0.717) is 0 Å². The van der Waals surface area contributed by atoms with Crippen molar-refractivity contribution in [2.45, 2.75) is 212 Å². The Morgan fingerprint density at radius 1 is 0.265 bits per heavy atom. The number of unbranched alkanes of at least 4 members (excludes halogenated alkanes) is 23. The highest BCUT2D eigenvalue weighted by Gasteiger charge is 2.25. The van der Waals surface area contributed by atoms with Gasteiger partial charge in [0.05, 0.1) is 8.07 Å². The fraction of sp³-hybridized carbons (Fsp3) is 1.00. The second kappa shape index (κ2) is 27.8. The zero-order valence-electron chi connectivity index (χ0n) is 25.0. The van der Waals surface area contributed by atoms with Crippen molar-refractivity contribution in [2.75, 3.05) is 0 Å². The molecular formula is C33H70Si. The molecule has 0 aliphatic rings. The highest BCUT2D eigenvalue weighted by molar-refractivity contribution is 6.78. The molecule has 0 aromatic rings. The Morgan fingerprint density at radius 3 is 0.647 bits per heavy atom. The maximum atomic E-state index is 2.79. The Morgan fingerprint density at radius 2 is 0.441 bits per heavy atom. The minimum absolute atomic E-state index is 0.989. The predicted octanol–water partition coefficient (Wildman–Crippen LogP) is 13.3. The van der Waals surface area contributed by atoms with E-state index in [9.17, 15) is 0 Å². The molecule has 0 bridgehead atoms. The fourth-order valence-electron chi connectivity index (χ4n) is 5.79. The predicted molar refractivity (Wildman–Crippen MR) is 163 cm³/mol. The van der Waals surface area contributed by atoms with Crippen LogP contribution in [0.1, 0.15) is 188 Å². The molecule has 1 heteroatoms. The van der Waals surface area contributed by atoms with Crippen molar-refractivity contribution < 1.29 is 0 Å². The van der Waals surface area contributed by atoms with Gasteiger partial charge in [-0.05, 0) is 0 Å². The van der Waals surface area contributed by atoms with Gasteiger partial charge in [0.2, 0.25) is 0 Å². The minimum atomic E-state index is -0.989. The minimum Gasteiger partial charge on any atom is -0.0691 e. The van der Waals surface area contributed by atoms with E-state index in [1.54, 1.807) is 37.4 Å². The summed E-state index contributed by atoms with van der Waals surface area (Å²) in [5.74, 6) is 0. The Bertz CT molecular complexity index is 348. The van der Waals surface area contributed by atoms with Crippen LogP contribution < -0.4 is 0 Å². The summed E-state index contributed by atoms with van der Waals surface area (Å²) < 4.78 is 0. The summed E-state index contributed by atoms with van der Waals surface area (Å²) in [5, 5.41) is 0. The van der Waals surface area contributed by atoms with E-state index in [2.05, 4.69) is 27.3 Å². The Labute approximate surface area is 220 Å². The first kappa shape index (κ1) is 34.2. The van der Waals surface area contributed by atoms with Gasteiger partial charge in [-0.25, -0.2) is 0 Å². The normalized spacial score (nSPS) is 12.0. The van der Waals surface area contributed by atoms with Gasteiger partial charge in [0.1, 0.15) is 0 Å². The van der Waals surface area contributed by atoms with Crippen LogP contribution in [0.15, 0.2) is 0 Å². The van der Waals surface area contributed by atoms with E-state index in [-0.39, 0.29) is 0 Å². The van der Waals surface area contributed by atoms with Gasteiger partial charge in [-0.2, -0.15) is 0 Å². The van der Waals surface area contributed by atoms with Gasteiger partial charge in [0, 0.05) is 0 Å².